The molecule has 1 aromatic rings. The molecule has 1 amide bonds. The summed E-state index contributed by atoms with van der Waals surface area (Å²) in [5.41, 5.74) is -1.33. The molecule has 0 aliphatic heterocycles. The molecule has 0 aliphatic rings. The second kappa shape index (κ2) is 7.17. The number of amides is 1. The SMILES string of the molecule is CC(C)(C)OC(=O)NCC=Cc1ccc(Br)cc1C(F)(F)F. The summed E-state index contributed by atoms with van der Waals surface area (Å²) in [6, 6.07) is 3.90. The van der Waals surface area contributed by atoms with Crippen molar-refractivity contribution in [2.24, 2.45) is 0 Å². The van der Waals surface area contributed by atoms with Gasteiger partial charge in [0.05, 0.1) is 5.56 Å². The van der Waals surface area contributed by atoms with Crippen LogP contribution in [0.15, 0.2) is 28.7 Å². The molecule has 122 valence electrons. The summed E-state index contributed by atoms with van der Waals surface area (Å²) in [4.78, 5) is 11.4. The van der Waals surface area contributed by atoms with Gasteiger partial charge in [-0.15, -0.1) is 0 Å². The summed E-state index contributed by atoms with van der Waals surface area (Å²) >= 11 is 3.02. The average molecular weight is 380 g/mol. The fourth-order valence-electron chi connectivity index (χ4n) is 1.56. The number of benzene rings is 1. The van der Waals surface area contributed by atoms with Gasteiger partial charge >= 0.3 is 12.3 Å². The third kappa shape index (κ3) is 6.51. The van der Waals surface area contributed by atoms with Gasteiger partial charge in [0, 0.05) is 11.0 Å². The molecule has 3 nitrogen and oxygen atoms in total. The Balaban J connectivity index is 2.70. The summed E-state index contributed by atoms with van der Waals surface area (Å²) in [7, 11) is 0. The van der Waals surface area contributed by atoms with Crippen LogP contribution in [0.1, 0.15) is 31.9 Å². The van der Waals surface area contributed by atoms with Crippen molar-refractivity contribution in [3.8, 4) is 0 Å². The van der Waals surface area contributed by atoms with Crippen LogP contribution in [0.25, 0.3) is 6.08 Å². The van der Waals surface area contributed by atoms with Gasteiger partial charge < -0.3 is 10.1 Å². The van der Waals surface area contributed by atoms with Crippen LogP contribution in [0.2, 0.25) is 0 Å². The van der Waals surface area contributed by atoms with E-state index in [1.54, 1.807) is 20.8 Å². The molecule has 0 fully saturated rings. The number of nitrogens with one attached hydrogen (secondary N) is 1. The van der Waals surface area contributed by atoms with Crippen molar-refractivity contribution < 1.29 is 22.7 Å². The molecule has 0 heterocycles. The predicted molar refractivity (Wildman–Crippen MR) is 82.4 cm³/mol. The van der Waals surface area contributed by atoms with Crippen LogP contribution in [-0.4, -0.2) is 18.2 Å². The Morgan fingerprint density at radius 2 is 1.95 bits per heavy atom. The zero-order chi connectivity index (χ0) is 17.0. The monoisotopic (exact) mass is 379 g/mol. The lowest BCUT2D eigenvalue weighted by molar-refractivity contribution is -0.137. The maximum absolute atomic E-state index is 12.9. The fraction of sp³-hybridized carbons (Fsp3) is 0.400. The van der Waals surface area contributed by atoms with Crippen molar-refractivity contribution in [2.45, 2.75) is 32.5 Å². The highest BCUT2D eigenvalue weighted by atomic mass is 79.9. The number of carbonyl (C=O) groups is 1. The van der Waals surface area contributed by atoms with Crippen molar-refractivity contribution in [1.82, 2.24) is 5.32 Å². The number of alkyl carbamates (subject to hydrolysis) is 1. The Hall–Kier alpha value is -1.50. The Labute approximate surface area is 135 Å². The number of alkyl halides is 3. The second-order valence-electron chi connectivity index (χ2n) is 5.51. The summed E-state index contributed by atoms with van der Waals surface area (Å²) in [6.45, 7) is 5.24. The van der Waals surface area contributed by atoms with E-state index in [0.717, 1.165) is 6.07 Å². The first kappa shape index (κ1) is 18.5. The van der Waals surface area contributed by atoms with E-state index >= 15 is 0 Å². The molecule has 1 aromatic carbocycles. The average Bonchev–Trinajstić information content (AvgIpc) is 2.32. The van der Waals surface area contributed by atoms with Crippen molar-refractivity contribution in [3.05, 3.63) is 39.9 Å². The minimum absolute atomic E-state index is 0.0293. The Bertz CT molecular complexity index is 563. The molecule has 7 heteroatoms. The van der Waals surface area contributed by atoms with E-state index in [1.165, 1.54) is 24.3 Å². The minimum Gasteiger partial charge on any atom is -0.444 e. The van der Waals surface area contributed by atoms with Crippen LogP contribution in [0, 0.1) is 0 Å². The van der Waals surface area contributed by atoms with Crippen molar-refractivity contribution >= 4 is 28.1 Å². The van der Waals surface area contributed by atoms with E-state index in [2.05, 4.69) is 21.2 Å². The van der Waals surface area contributed by atoms with Gasteiger partial charge in [0.15, 0.2) is 0 Å². The van der Waals surface area contributed by atoms with Crippen LogP contribution in [0.5, 0.6) is 0 Å². The lowest BCUT2D eigenvalue weighted by Gasteiger charge is -2.19. The second-order valence-corrected chi connectivity index (χ2v) is 6.43. The standard InChI is InChI=1S/C15H17BrF3NO2/c1-14(2,3)22-13(21)20-8-4-5-10-6-7-11(16)9-12(10)15(17,18)19/h4-7,9H,8H2,1-3H3,(H,20,21). The number of carbonyl (C=O) groups excluding carboxylic acids is 1. The van der Waals surface area contributed by atoms with Crippen molar-refractivity contribution in [3.63, 3.8) is 0 Å². The molecule has 0 radical (unpaired) electrons. The molecule has 0 aliphatic carbocycles. The van der Waals surface area contributed by atoms with Crippen LogP contribution in [0.3, 0.4) is 0 Å². The highest BCUT2D eigenvalue weighted by molar-refractivity contribution is 9.10. The van der Waals surface area contributed by atoms with E-state index in [-0.39, 0.29) is 12.1 Å². The molecule has 0 bridgehead atoms. The van der Waals surface area contributed by atoms with Gasteiger partial charge in [-0.2, -0.15) is 13.2 Å². The summed E-state index contributed by atoms with van der Waals surface area (Å²) in [5.74, 6) is 0. The zero-order valence-corrected chi connectivity index (χ0v) is 14.0. The van der Waals surface area contributed by atoms with Crippen molar-refractivity contribution in [1.29, 1.82) is 0 Å². The number of hydrogen-bond donors (Lipinski definition) is 1. The van der Waals surface area contributed by atoms with E-state index in [0.29, 0.717) is 4.47 Å². The number of rotatable bonds is 3. The molecule has 0 saturated heterocycles. The molecule has 0 aromatic heterocycles. The third-order valence-electron chi connectivity index (χ3n) is 2.38. The largest absolute Gasteiger partial charge is 0.444 e. The summed E-state index contributed by atoms with van der Waals surface area (Å²) < 4.78 is 44.1. The van der Waals surface area contributed by atoms with Crippen molar-refractivity contribution in [2.75, 3.05) is 6.54 Å². The molecular formula is C15H17BrF3NO2. The zero-order valence-electron chi connectivity index (χ0n) is 12.4. The van der Waals surface area contributed by atoms with Gasteiger partial charge in [-0.25, -0.2) is 4.79 Å². The number of halogens is 4. The molecular weight excluding hydrogens is 363 g/mol. The maximum Gasteiger partial charge on any atom is 0.417 e. The number of hydrogen-bond acceptors (Lipinski definition) is 2. The quantitative estimate of drug-likeness (QED) is 0.801. The van der Waals surface area contributed by atoms with E-state index in [9.17, 15) is 18.0 Å². The summed E-state index contributed by atoms with van der Waals surface area (Å²) in [5, 5.41) is 2.44. The van der Waals surface area contributed by atoms with Crippen LogP contribution in [-0.2, 0) is 10.9 Å². The van der Waals surface area contributed by atoms with E-state index in [4.69, 9.17) is 4.74 Å². The van der Waals surface area contributed by atoms with Gasteiger partial charge in [-0.3, -0.25) is 0 Å². The van der Waals surface area contributed by atoms with E-state index in [1.807, 2.05) is 0 Å². The maximum atomic E-state index is 12.9. The molecule has 1 N–H and O–H groups in total. The Morgan fingerprint density at radius 1 is 1.32 bits per heavy atom. The van der Waals surface area contributed by atoms with E-state index < -0.39 is 23.4 Å². The fourth-order valence-corrected chi connectivity index (χ4v) is 1.92. The molecule has 0 saturated carbocycles. The highest BCUT2D eigenvalue weighted by Crippen LogP contribution is 2.34. The van der Waals surface area contributed by atoms with Gasteiger partial charge in [0.2, 0.25) is 0 Å². The highest BCUT2D eigenvalue weighted by Gasteiger charge is 2.32. The smallest absolute Gasteiger partial charge is 0.417 e. The lowest BCUT2D eigenvalue weighted by Crippen LogP contribution is -2.32. The van der Waals surface area contributed by atoms with Gasteiger partial charge in [0.1, 0.15) is 5.60 Å². The Kier molecular flexibility index (Phi) is 6.05. The van der Waals surface area contributed by atoms with Crippen LogP contribution >= 0.6 is 15.9 Å². The lowest BCUT2D eigenvalue weighted by atomic mass is 10.1. The molecule has 22 heavy (non-hydrogen) atoms. The minimum atomic E-state index is -4.44. The van der Waals surface area contributed by atoms with Gasteiger partial charge in [-0.05, 0) is 38.5 Å². The van der Waals surface area contributed by atoms with Gasteiger partial charge in [-0.1, -0.05) is 34.1 Å². The first-order valence-corrected chi connectivity index (χ1v) is 7.28. The third-order valence-corrected chi connectivity index (χ3v) is 2.87. The molecule has 0 unspecified atom stereocenters. The predicted octanol–water partition coefficient (Wildman–Crippen LogP) is 5.01. The number of ether oxygens (including phenoxy) is 1. The topological polar surface area (TPSA) is 38.3 Å². The molecule has 0 spiro atoms. The molecule has 1 rings (SSSR count). The first-order valence-electron chi connectivity index (χ1n) is 6.49. The first-order chi connectivity index (χ1) is 9.99. The summed E-state index contributed by atoms with van der Waals surface area (Å²) in [6.07, 6.45) is -2.32. The normalized spacial score (nSPS) is 12.5. The Morgan fingerprint density at radius 3 is 2.50 bits per heavy atom. The van der Waals surface area contributed by atoms with Crippen LogP contribution < -0.4 is 5.32 Å². The van der Waals surface area contributed by atoms with Crippen LogP contribution in [0.4, 0.5) is 18.0 Å². The van der Waals surface area contributed by atoms with Gasteiger partial charge in [0.25, 0.3) is 0 Å². The molecule has 0 atom stereocenters.